The maximum absolute atomic E-state index is 3.14. The first kappa shape index (κ1) is 37.6. The minimum Gasteiger partial charge on any atom is -0.368 e. The molecule has 0 bridgehead atoms. The third-order valence-corrected chi connectivity index (χ3v) is 16.9. The Morgan fingerprint density at radius 2 is 1.26 bits per heavy atom. The van der Waals surface area contributed by atoms with Crippen LogP contribution in [0, 0.1) is 11.8 Å². The van der Waals surface area contributed by atoms with Crippen molar-refractivity contribution in [2.75, 3.05) is 0 Å². The van der Waals surface area contributed by atoms with Gasteiger partial charge in [0, 0.05) is 28.0 Å². The highest BCUT2D eigenvalue weighted by Crippen LogP contribution is 2.60. The molecule has 8 aliphatic carbocycles. The number of nitrogens with zero attached hydrogens (tertiary/aromatic N) is 1. The van der Waals surface area contributed by atoms with Crippen molar-refractivity contribution in [2.24, 2.45) is 11.8 Å². The van der Waals surface area contributed by atoms with Crippen molar-refractivity contribution in [1.29, 1.82) is 0 Å². The predicted octanol–water partition coefficient (Wildman–Crippen LogP) is 13.6. The smallest absolute Gasteiger partial charge is 0.0633 e. The molecule has 0 heterocycles. The number of benzene rings is 2. The molecule has 1 saturated carbocycles. The van der Waals surface area contributed by atoms with E-state index in [2.05, 4.69) is 102 Å². The molecule has 10 rings (SSSR count). The van der Waals surface area contributed by atoms with E-state index >= 15 is 0 Å². The van der Waals surface area contributed by atoms with Crippen molar-refractivity contribution in [2.45, 2.75) is 159 Å². The van der Waals surface area contributed by atoms with Crippen molar-refractivity contribution in [3.8, 4) is 11.1 Å². The molecule has 0 amide bonds. The first-order valence-electron chi connectivity index (χ1n) is 23.7. The molecule has 296 valence electrons. The quantitative estimate of drug-likeness (QED) is 0.191. The van der Waals surface area contributed by atoms with E-state index in [0.29, 0.717) is 12.1 Å². The number of allylic oxidation sites excluding steroid dienone is 14. The fourth-order valence-corrected chi connectivity index (χ4v) is 14.2. The fraction of sp³-hybridized carbons (Fsp3) is 0.491. The largest absolute Gasteiger partial charge is 0.368 e. The Hall–Kier alpha value is -3.62. The van der Waals surface area contributed by atoms with Crippen LogP contribution >= 0.6 is 0 Å². The van der Waals surface area contributed by atoms with Crippen molar-refractivity contribution in [3.05, 3.63) is 153 Å². The highest BCUT2D eigenvalue weighted by Gasteiger charge is 2.49. The van der Waals surface area contributed by atoms with Gasteiger partial charge in [-0.1, -0.05) is 125 Å². The predicted molar refractivity (Wildman–Crippen MR) is 245 cm³/mol. The molecule has 4 atom stereocenters. The SMILES string of the molecule is [SiH3]C1=C(C2=C(N(C3CC=C(C4CCCC(C5=CCCC=C5)C4)CC3)C3CC=C(C4(C5=CCCCC5)c5ccccc5-c5ccccc54)CC3)CCCC2)CCC=C1. The third-order valence-electron chi connectivity index (χ3n) is 16.0. The van der Waals surface area contributed by atoms with Gasteiger partial charge in [0.15, 0.2) is 0 Å². The lowest BCUT2D eigenvalue weighted by atomic mass is 9.62. The topological polar surface area (TPSA) is 3.24 Å². The Bertz CT molecular complexity index is 2060. The second kappa shape index (κ2) is 16.6. The van der Waals surface area contributed by atoms with Gasteiger partial charge in [0.2, 0.25) is 0 Å². The summed E-state index contributed by atoms with van der Waals surface area (Å²) in [6, 6.07) is 20.2. The summed E-state index contributed by atoms with van der Waals surface area (Å²) in [5, 5.41) is 1.67. The molecule has 1 fully saturated rings. The summed E-state index contributed by atoms with van der Waals surface area (Å²) >= 11 is 0. The Morgan fingerprint density at radius 1 is 0.544 bits per heavy atom. The lowest BCUT2D eigenvalue weighted by molar-refractivity contribution is 0.145. The second-order valence-electron chi connectivity index (χ2n) is 19.1. The highest BCUT2D eigenvalue weighted by atomic mass is 28.1. The maximum Gasteiger partial charge on any atom is 0.0633 e. The fourth-order valence-electron chi connectivity index (χ4n) is 13.4. The molecule has 1 nitrogen and oxygen atoms in total. The number of hydrogen-bond acceptors (Lipinski definition) is 1. The van der Waals surface area contributed by atoms with Crippen LogP contribution in [-0.4, -0.2) is 27.2 Å². The number of hydrogen-bond donors (Lipinski definition) is 0. The number of rotatable bonds is 8. The summed E-state index contributed by atoms with van der Waals surface area (Å²) < 4.78 is 0. The van der Waals surface area contributed by atoms with Crippen LogP contribution in [0.1, 0.15) is 152 Å². The molecule has 57 heavy (non-hydrogen) atoms. The van der Waals surface area contributed by atoms with Crippen LogP contribution in [0.5, 0.6) is 0 Å². The van der Waals surface area contributed by atoms with Gasteiger partial charge in [-0.15, -0.1) is 0 Å². The first-order chi connectivity index (χ1) is 28.2. The van der Waals surface area contributed by atoms with Gasteiger partial charge in [-0.25, -0.2) is 0 Å². The van der Waals surface area contributed by atoms with Crippen LogP contribution in [0.4, 0.5) is 0 Å². The van der Waals surface area contributed by atoms with Crippen molar-refractivity contribution in [3.63, 3.8) is 0 Å². The van der Waals surface area contributed by atoms with E-state index in [-0.39, 0.29) is 5.41 Å². The van der Waals surface area contributed by atoms with Crippen LogP contribution in [0.2, 0.25) is 0 Å². The molecule has 0 aliphatic heterocycles. The standard InChI is InChI=1S/C55H67NSi/c57-54-29-14-10-25-50(54)49-24-9-13-28-53(49)56(45-34-30-40(31-35-45)42-19-15-18-41(38-42)39-16-3-1-4-17-39)46-36-32-44(33-37-46)55(43-20-5-2-6-21-43)51-26-11-7-22-47(51)48-23-8-12-27-52(48)55/h3,7-8,11-12,14,16-17,20,22-23,26-27,29-30,32,41-42,45-46H,1-2,4-6,9-10,13,15,18-19,21,24-25,28,31,33-38H2,57H3. The second-order valence-corrected chi connectivity index (χ2v) is 20.1. The molecule has 0 spiro atoms. The first-order valence-corrected chi connectivity index (χ1v) is 24.7. The van der Waals surface area contributed by atoms with E-state index in [1.807, 2.05) is 5.57 Å². The molecule has 0 saturated heterocycles. The summed E-state index contributed by atoms with van der Waals surface area (Å²) in [7, 11) is 1.16. The summed E-state index contributed by atoms with van der Waals surface area (Å²) in [4.78, 5) is 3.14. The molecular formula is C55H67NSi. The monoisotopic (exact) mass is 770 g/mol. The van der Waals surface area contributed by atoms with Gasteiger partial charge in [0.25, 0.3) is 0 Å². The van der Waals surface area contributed by atoms with Gasteiger partial charge < -0.3 is 4.90 Å². The number of fused-ring (bicyclic) bond motifs is 3. The van der Waals surface area contributed by atoms with Crippen molar-refractivity contribution < 1.29 is 0 Å². The minimum atomic E-state index is -0.0938. The van der Waals surface area contributed by atoms with Gasteiger partial charge in [-0.05, 0) is 186 Å². The lowest BCUT2D eigenvalue weighted by Crippen LogP contribution is -2.46. The Kier molecular flexibility index (Phi) is 10.9. The van der Waals surface area contributed by atoms with Crippen LogP contribution in [0.3, 0.4) is 0 Å². The summed E-state index contributed by atoms with van der Waals surface area (Å²) in [5.74, 6) is 1.58. The van der Waals surface area contributed by atoms with Crippen LogP contribution in [0.15, 0.2) is 141 Å². The minimum absolute atomic E-state index is 0.0938. The van der Waals surface area contributed by atoms with Gasteiger partial charge in [-0.3, -0.25) is 0 Å². The summed E-state index contributed by atoms with van der Waals surface area (Å²) in [5.41, 5.74) is 18.1. The average Bonchev–Trinajstić information content (AvgIpc) is 3.59. The zero-order valence-corrected chi connectivity index (χ0v) is 37.1. The van der Waals surface area contributed by atoms with E-state index in [0.717, 1.165) is 22.1 Å². The molecule has 2 heteroatoms. The van der Waals surface area contributed by atoms with Crippen molar-refractivity contribution >= 4 is 10.2 Å². The molecule has 8 aliphatic rings. The van der Waals surface area contributed by atoms with Crippen LogP contribution in [0.25, 0.3) is 11.1 Å². The van der Waals surface area contributed by atoms with Crippen LogP contribution in [-0.2, 0) is 5.41 Å². The van der Waals surface area contributed by atoms with Gasteiger partial charge in [0.05, 0.1) is 5.41 Å². The molecule has 0 aromatic heterocycles. The molecular weight excluding hydrogens is 703 g/mol. The lowest BCUT2D eigenvalue weighted by Gasteiger charge is -2.48. The summed E-state index contributed by atoms with van der Waals surface area (Å²) in [6.07, 6.45) is 49.2. The maximum atomic E-state index is 3.14. The molecule has 0 N–H and O–H groups in total. The molecule has 2 aromatic rings. The Balaban J connectivity index is 1.00. The molecule has 2 aromatic carbocycles. The van der Waals surface area contributed by atoms with E-state index in [9.17, 15) is 0 Å². The molecule has 4 unspecified atom stereocenters. The Morgan fingerprint density at radius 3 is 1.96 bits per heavy atom. The average molecular weight is 770 g/mol. The van der Waals surface area contributed by atoms with E-state index in [1.54, 1.807) is 49.9 Å². The van der Waals surface area contributed by atoms with E-state index < -0.39 is 0 Å². The van der Waals surface area contributed by atoms with Gasteiger partial charge in [-0.2, -0.15) is 0 Å². The van der Waals surface area contributed by atoms with Crippen molar-refractivity contribution in [1.82, 2.24) is 4.90 Å². The zero-order chi connectivity index (χ0) is 38.2. The summed E-state index contributed by atoms with van der Waals surface area (Å²) in [6.45, 7) is 0. The van der Waals surface area contributed by atoms with E-state index in [1.165, 1.54) is 152 Å². The highest BCUT2D eigenvalue weighted by molar-refractivity contribution is 6.24. The normalized spacial score (nSPS) is 28.6. The Labute approximate surface area is 348 Å². The zero-order valence-electron chi connectivity index (χ0n) is 35.1. The molecule has 0 radical (unpaired) electrons. The van der Waals surface area contributed by atoms with Crippen LogP contribution < -0.4 is 0 Å². The van der Waals surface area contributed by atoms with Gasteiger partial charge in [0.1, 0.15) is 0 Å². The van der Waals surface area contributed by atoms with E-state index in [4.69, 9.17) is 0 Å². The van der Waals surface area contributed by atoms with Gasteiger partial charge >= 0.3 is 0 Å². The third kappa shape index (κ3) is 6.94.